The maximum atomic E-state index is 5.94. The molecule has 1 aromatic rings. The van der Waals surface area contributed by atoms with E-state index in [-0.39, 0.29) is 24.0 Å². The molecule has 136 valence electrons. The van der Waals surface area contributed by atoms with E-state index in [0.717, 1.165) is 56.9 Å². The van der Waals surface area contributed by atoms with Crippen molar-refractivity contribution in [1.29, 1.82) is 0 Å². The van der Waals surface area contributed by atoms with Gasteiger partial charge in [-0.05, 0) is 24.1 Å². The third kappa shape index (κ3) is 7.78. The molecule has 0 aliphatic carbocycles. The number of aliphatic imine (C=N–C) groups is 1. The van der Waals surface area contributed by atoms with Crippen molar-refractivity contribution in [2.75, 3.05) is 46.5 Å². The van der Waals surface area contributed by atoms with Crippen LogP contribution in [0.5, 0.6) is 0 Å². The minimum absolute atomic E-state index is 0. The van der Waals surface area contributed by atoms with Crippen LogP contribution in [0.1, 0.15) is 17.5 Å². The maximum Gasteiger partial charge on any atom is 0.188 e. The van der Waals surface area contributed by atoms with Crippen LogP contribution < -0.4 is 11.1 Å². The number of hydrogen-bond donors (Lipinski definition) is 2. The number of methoxy groups -OCH3 is 1. The van der Waals surface area contributed by atoms with E-state index >= 15 is 0 Å². The highest BCUT2D eigenvalue weighted by molar-refractivity contribution is 14.0. The Balaban J connectivity index is 0.00000288. The van der Waals surface area contributed by atoms with Crippen LogP contribution in [-0.4, -0.2) is 57.4 Å². The zero-order valence-corrected chi connectivity index (χ0v) is 16.7. The lowest BCUT2D eigenvalue weighted by atomic mass is 10.1. The number of ether oxygens (including phenoxy) is 2. The molecule has 3 N–H and O–H groups in total. The van der Waals surface area contributed by atoms with Crippen LogP contribution in [0.2, 0.25) is 0 Å². The number of guanidine groups is 1. The number of halogens is 1. The summed E-state index contributed by atoms with van der Waals surface area (Å²) in [7, 11) is 1.70. The van der Waals surface area contributed by atoms with Crippen LogP contribution in [-0.2, 0) is 22.6 Å². The predicted molar refractivity (Wildman–Crippen MR) is 108 cm³/mol. The number of hydrogen-bond acceptors (Lipinski definition) is 4. The van der Waals surface area contributed by atoms with E-state index in [1.807, 2.05) is 12.1 Å². The molecule has 0 atom stereocenters. The van der Waals surface area contributed by atoms with Gasteiger partial charge in [0.15, 0.2) is 5.96 Å². The number of nitrogens with two attached hydrogens (primary N) is 1. The van der Waals surface area contributed by atoms with Gasteiger partial charge >= 0.3 is 0 Å². The Hall–Kier alpha value is -0.900. The minimum atomic E-state index is 0. The first-order valence-corrected chi connectivity index (χ1v) is 8.19. The minimum Gasteiger partial charge on any atom is -0.380 e. The van der Waals surface area contributed by atoms with E-state index in [9.17, 15) is 0 Å². The molecule has 1 heterocycles. The van der Waals surface area contributed by atoms with E-state index in [4.69, 9.17) is 15.2 Å². The summed E-state index contributed by atoms with van der Waals surface area (Å²) in [4.78, 5) is 6.83. The molecule has 0 radical (unpaired) electrons. The van der Waals surface area contributed by atoms with Gasteiger partial charge in [-0.25, -0.2) is 4.99 Å². The van der Waals surface area contributed by atoms with Crippen LogP contribution >= 0.6 is 24.0 Å². The first-order valence-electron chi connectivity index (χ1n) is 8.19. The van der Waals surface area contributed by atoms with Crippen molar-refractivity contribution < 1.29 is 9.47 Å². The van der Waals surface area contributed by atoms with Gasteiger partial charge in [-0.15, -0.1) is 24.0 Å². The van der Waals surface area contributed by atoms with Gasteiger partial charge in [0.25, 0.3) is 0 Å². The standard InChI is InChI=1S/C17H28N4O2.HI/c1-22-14-16-6-3-2-5-15(16)13-20-17(18)19-7-4-8-21-9-11-23-12-10-21;/h2-3,5-6H,4,7-14H2,1H3,(H3,18,19,20);1H. The molecule has 1 aromatic carbocycles. The molecule has 24 heavy (non-hydrogen) atoms. The highest BCUT2D eigenvalue weighted by atomic mass is 127. The van der Waals surface area contributed by atoms with E-state index in [2.05, 4.69) is 27.3 Å². The van der Waals surface area contributed by atoms with Gasteiger partial charge in [0, 0.05) is 26.7 Å². The molecule has 0 unspecified atom stereocenters. The zero-order chi connectivity index (χ0) is 16.3. The molecule has 2 rings (SSSR count). The second-order valence-electron chi connectivity index (χ2n) is 5.64. The van der Waals surface area contributed by atoms with Crippen molar-refractivity contribution in [3.05, 3.63) is 35.4 Å². The summed E-state index contributed by atoms with van der Waals surface area (Å²) >= 11 is 0. The monoisotopic (exact) mass is 448 g/mol. The summed E-state index contributed by atoms with van der Waals surface area (Å²) < 4.78 is 10.5. The van der Waals surface area contributed by atoms with E-state index in [1.165, 1.54) is 0 Å². The van der Waals surface area contributed by atoms with Crippen molar-refractivity contribution in [2.24, 2.45) is 10.7 Å². The Morgan fingerprint density at radius 2 is 2.00 bits per heavy atom. The van der Waals surface area contributed by atoms with Gasteiger partial charge in [-0.3, -0.25) is 4.90 Å². The quantitative estimate of drug-likeness (QED) is 0.274. The molecular formula is C17H29IN4O2. The van der Waals surface area contributed by atoms with Gasteiger partial charge in [0.1, 0.15) is 0 Å². The molecular weight excluding hydrogens is 419 g/mol. The molecule has 0 aromatic heterocycles. The number of benzene rings is 1. The number of nitrogens with one attached hydrogen (secondary N) is 1. The van der Waals surface area contributed by atoms with Gasteiger partial charge in [-0.2, -0.15) is 0 Å². The summed E-state index contributed by atoms with van der Waals surface area (Å²) in [5.41, 5.74) is 8.24. The first-order chi connectivity index (χ1) is 11.3. The van der Waals surface area contributed by atoms with Gasteiger partial charge in [-0.1, -0.05) is 24.3 Å². The fourth-order valence-corrected chi connectivity index (χ4v) is 2.58. The highest BCUT2D eigenvalue weighted by Gasteiger charge is 2.09. The smallest absolute Gasteiger partial charge is 0.188 e. The number of morpholine rings is 1. The Kier molecular flexibility index (Phi) is 11.0. The zero-order valence-electron chi connectivity index (χ0n) is 14.4. The van der Waals surface area contributed by atoms with Crippen LogP contribution in [0.4, 0.5) is 0 Å². The molecule has 7 heteroatoms. The van der Waals surface area contributed by atoms with Crippen molar-refractivity contribution in [3.8, 4) is 0 Å². The van der Waals surface area contributed by atoms with Crippen LogP contribution in [0.3, 0.4) is 0 Å². The van der Waals surface area contributed by atoms with Crippen LogP contribution in [0.25, 0.3) is 0 Å². The Morgan fingerprint density at radius 1 is 1.29 bits per heavy atom. The average molecular weight is 448 g/mol. The van der Waals surface area contributed by atoms with E-state index in [1.54, 1.807) is 7.11 Å². The molecule has 1 fully saturated rings. The number of rotatable bonds is 8. The summed E-state index contributed by atoms with van der Waals surface area (Å²) in [5.74, 6) is 0.499. The van der Waals surface area contributed by atoms with Crippen LogP contribution in [0.15, 0.2) is 29.3 Å². The molecule has 1 aliphatic heterocycles. The second-order valence-corrected chi connectivity index (χ2v) is 5.64. The molecule has 1 aliphatic rings. The predicted octanol–water partition coefficient (Wildman–Crippen LogP) is 1.58. The average Bonchev–Trinajstić information content (AvgIpc) is 2.59. The summed E-state index contributed by atoms with van der Waals surface area (Å²) in [6, 6.07) is 8.13. The normalized spacial score (nSPS) is 15.8. The Bertz CT molecular complexity index is 493. The summed E-state index contributed by atoms with van der Waals surface area (Å²) in [5, 5.41) is 3.18. The fourth-order valence-electron chi connectivity index (χ4n) is 2.58. The summed E-state index contributed by atoms with van der Waals surface area (Å²) in [6.45, 7) is 6.82. The van der Waals surface area contributed by atoms with Crippen molar-refractivity contribution >= 4 is 29.9 Å². The fraction of sp³-hybridized carbons (Fsp3) is 0.588. The van der Waals surface area contributed by atoms with E-state index < -0.39 is 0 Å². The molecule has 1 saturated heterocycles. The molecule has 6 nitrogen and oxygen atoms in total. The van der Waals surface area contributed by atoms with Crippen molar-refractivity contribution in [3.63, 3.8) is 0 Å². The largest absolute Gasteiger partial charge is 0.380 e. The lowest BCUT2D eigenvalue weighted by Crippen LogP contribution is -2.39. The maximum absolute atomic E-state index is 5.94. The van der Waals surface area contributed by atoms with Gasteiger partial charge < -0.3 is 20.5 Å². The van der Waals surface area contributed by atoms with Crippen LogP contribution in [0, 0.1) is 0 Å². The summed E-state index contributed by atoms with van der Waals surface area (Å²) in [6.07, 6.45) is 1.05. The molecule has 0 spiro atoms. The van der Waals surface area contributed by atoms with Gasteiger partial charge in [0.05, 0.1) is 26.4 Å². The van der Waals surface area contributed by atoms with E-state index in [0.29, 0.717) is 19.1 Å². The SMILES string of the molecule is COCc1ccccc1CN=C(N)NCCCN1CCOCC1.I. The Morgan fingerprint density at radius 3 is 2.71 bits per heavy atom. The first kappa shape index (κ1) is 21.1. The molecule has 0 amide bonds. The lowest BCUT2D eigenvalue weighted by Gasteiger charge is -2.26. The third-order valence-electron chi connectivity index (χ3n) is 3.90. The topological polar surface area (TPSA) is 72.1 Å². The Labute approximate surface area is 161 Å². The highest BCUT2D eigenvalue weighted by Crippen LogP contribution is 2.10. The van der Waals surface area contributed by atoms with Gasteiger partial charge in [0.2, 0.25) is 0 Å². The lowest BCUT2D eigenvalue weighted by molar-refractivity contribution is 0.0376. The third-order valence-corrected chi connectivity index (χ3v) is 3.90. The molecule has 0 bridgehead atoms. The number of nitrogens with zero attached hydrogens (tertiary/aromatic N) is 2. The molecule has 0 saturated carbocycles. The second kappa shape index (κ2) is 12.5. The van der Waals surface area contributed by atoms with Crippen molar-refractivity contribution in [1.82, 2.24) is 10.2 Å². The van der Waals surface area contributed by atoms with Crippen molar-refractivity contribution in [2.45, 2.75) is 19.6 Å².